The van der Waals surface area contributed by atoms with E-state index in [0.717, 1.165) is 12.5 Å². The van der Waals surface area contributed by atoms with Crippen LogP contribution >= 0.6 is 0 Å². The monoisotopic (exact) mass is 201 g/mol. The normalized spacial score (nSPS) is 15.6. The van der Waals surface area contributed by atoms with E-state index in [4.69, 9.17) is 9.47 Å². The van der Waals surface area contributed by atoms with Crippen LogP contribution in [0, 0.1) is 5.92 Å². The van der Waals surface area contributed by atoms with E-state index in [-0.39, 0.29) is 12.2 Å². The van der Waals surface area contributed by atoms with Crippen LogP contribution in [-0.4, -0.2) is 32.0 Å². The minimum atomic E-state index is -0.366. The Morgan fingerprint density at radius 2 is 2.21 bits per heavy atom. The smallest absolute Gasteiger partial charge is 0.407 e. The molecule has 1 rings (SSSR count). The van der Waals surface area contributed by atoms with E-state index in [1.165, 1.54) is 12.8 Å². The Morgan fingerprint density at radius 3 is 2.79 bits per heavy atom. The van der Waals surface area contributed by atoms with Crippen molar-refractivity contribution < 1.29 is 14.3 Å². The molecule has 82 valence electrons. The number of hydrogen-bond acceptors (Lipinski definition) is 3. The zero-order chi connectivity index (χ0) is 10.4. The van der Waals surface area contributed by atoms with Crippen LogP contribution in [0.4, 0.5) is 4.79 Å². The summed E-state index contributed by atoms with van der Waals surface area (Å²) in [4.78, 5) is 11.0. The molecule has 14 heavy (non-hydrogen) atoms. The Kier molecular flexibility index (Phi) is 4.73. The average molecular weight is 201 g/mol. The van der Waals surface area contributed by atoms with Gasteiger partial charge in [-0.05, 0) is 32.6 Å². The molecule has 0 aromatic heterocycles. The molecule has 4 nitrogen and oxygen atoms in total. The van der Waals surface area contributed by atoms with Crippen molar-refractivity contribution in [2.45, 2.75) is 32.8 Å². The van der Waals surface area contributed by atoms with Crippen molar-refractivity contribution in [3.8, 4) is 0 Å². The number of ether oxygens (including phenoxy) is 2. The average Bonchev–Trinajstić information content (AvgIpc) is 2.86. The van der Waals surface area contributed by atoms with Crippen LogP contribution in [0.2, 0.25) is 0 Å². The number of hydrogen-bond donors (Lipinski definition) is 1. The van der Waals surface area contributed by atoms with E-state index < -0.39 is 0 Å². The van der Waals surface area contributed by atoms with Gasteiger partial charge in [0.1, 0.15) is 0 Å². The highest BCUT2D eigenvalue weighted by molar-refractivity contribution is 5.67. The molecule has 0 radical (unpaired) electrons. The lowest BCUT2D eigenvalue weighted by atomic mass is 10.5. The molecule has 0 unspecified atom stereocenters. The van der Waals surface area contributed by atoms with E-state index in [1.807, 2.05) is 13.8 Å². The minimum Gasteiger partial charge on any atom is -0.447 e. The molecular weight excluding hydrogens is 182 g/mol. The number of rotatable bonds is 6. The Labute approximate surface area is 85.0 Å². The van der Waals surface area contributed by atoms with Gasteiger partial charge in [0, 0.05) is 13.2 Å². The molecule has 1 N–H and O–H groups in total. The van der Waals surface area contributed by atoms with Crippen LogP contribution in [0.15, 0.2) is 0 Å². The van der Waals surface area contributed by atoms with Gasteiger partial charge in [0.2, 0.25) is 0 Å². The molecule has 0 aliphatic heterocycles. The van der Waals surface area contributed by atoms with Crippen LogP contribution in [-0.2, 0) is 9.47 Å². The first kappa shape index (κ1) is 11.3. The van der Waals surface area contributed by atoms with Crippen LogP contribution < -0.4 is 5.32 Å². The van der Waals surface area contributed by atoms with Gasteiger partial charge in [-0.2, -0.15) is 0 Å². The topological polar surface area (TPSA) is 47.6 Å². The summed E-state index contributed by atoms with van der Waals surface area (Å²) in [6, 6.07) is 0. The van der Waals surface area contributed by atoms with E-state index in [2.05, 4.69) is 5.32 Å². The number of amides is 1. The van der Waals surface area contributed by atoms with Gasteiger partial charge in [0.05, 0.1) is 12.7 Å². The van der Waals surface area contributed by atoms with Gasteiger partial charge in [0.25, 0.3) is 0 Å². The second kappa shape index (κ2) is 5.86. The summed E-state index contributed by atoms with van der Waals surface area (Å²) >= 11 is 0. The summed E-state index contributed by atoms with van der Waals surface area (Å²) in [6.07, 6.45) is 2.16. The molecule has 0 saturated heterocycles. The van der Waals surface area contributed by atoms with E-state index in [0.29, 0.717) is 13.2 Å². The first-order valence-electron chi connectivity index (χ1n) is 5.20. The molecule has 1 amide bonds. The third-order valence-corrected chi connectivity index (χ3v) is 1.91. The van der Waals surface area contributed by atoms with Crippen LogP contribution in [0.3, 0.4) is 0 Å². The predicted molar refractivity (Wildman–Crippen MR) is 53.2 cm³/mol. The van der Waals surface area contributed by atoms with Crippen molar-refractivity contribution >= 4 is 6.09 Å². The second-order valence-electron chi connectivity index (χ2n) is 3.90. The van der Waals surface area contributed by atoms with Gasteiger partial charge in [-0.1, -0.05) is 0 Å². The molecule has 0 aromatic carbocycles. The lowest BCUT2D eigenvalue weighted by Crippen LogP contribution is -2.29. The number of carbonyl (C=O) groups excluding carboxylic acids is 1. The maximum absolute atomic E-state index is 11.0. The van der Waals surface area contributed by atoms with E-state index in [9.17, 15) is 4.79 Å². The number of nitrogens with one attached hydrogen (secondary N) is 1. The third-order valence-electron chi connectivity index (χ3n) is 1.91. The molecule has 4 heteroatoms. The standard InChI is InChI=1S/C10H19NO3/c1-8(2)14-10(12)11-5-6-13-7-9-3-4-9/h8-9H,3-7H2,1-2H3,(H,11,12). The number of alkyl carbamates (subject to hydrolysis) is 1. The molecule has 0 heterocycles. The molecular formula is C10H19NO3. The lowest BCUT2D eigenvalue weighted by molar-refractivity contribution is 0.102. The second-order valence-corrected chi connectivity index (χ2v) is 3.90. The molecule has 1 fully saturated rings. The fourth-order valence-corrected chi connectivity index (χ4v) is 1.02. The molecule has 0 spiro atoms. The fourth-order valence-electron chi connectivity index (χ4n) is 1.02. The van der Waals surface area contributed by atoms with Crippen molar-refractivity contribution in [3.05, 3.63) is 0 Å². The highest BCUT2D eigenvalue weighted by atomic mass is 16.6. The summed E-state index contributed by atoms with van der Waals surface area (Å²) in [5.74, 6) is 0.776. The molecule has 1 aliphatic rings. The highest BCUT2D eigenvalue weighted by Crippen LogP contribution is 2.28. The van der Waals surface area contributed by atoms with Crippen molar-refractivity contribution in [3.63, 3.8) is 0 Å². The Balaban J connectivity index is 1.84. The Bertz CT molecular complexity index is 178. The number of carbonyl (C=O) groups is 1. The van der Waals surface area contributed by atoms with Crippen molar-refractivity contribution in [1.82, 2.24) is 5.32 Å². The van der Waals surface area contributed by atoms with Crippen molar-refractivity contribution in [2.24, 2.45) is 5.92 Å². The molecule has 1 aliphatic carbocycles. The molecule has 0 atom stereocenters. The van der Waals surface area contributed by atoms with Crippen LogP contribution in [0.1, 0.15) is 26.7 Å². The fraction of sp³-hybridized carbons (Fsp3) is 0.900. The van der Waals surface area contributed by atoms with Gasteiger partial charge < -0.3 is 14.8 Å². The van der Waals surface area contributed by atoms with E-state index >= 15 is 0 Å². The van der Waals surface area contributed by atoms with E-state index in [1.54, 1.807) is 0 Å². The highest BCUT2D eigenvalue weighted by Gasteiger charge is 2.20. The first-order valence-corrected chi connectivity index (χ1v) is 5.20. The zero-order valence-corrected chi connectivity index (χ0v) is 8.91. The zero-order valence-electron chi connectivity index (χ0n) is 8.91. The Morgan fingerprint density at radius 1 is 1.50 bits per heavy atom. The summed E-state index contributed by atoms with van der Waals surface area (Å²) in [5, 5.41) is 2.62. The van der Waals surface area contributed by atoms with Gasteiger partial charge in [-0.3, -0.25) is 0 Å². The molecule has 0 bridgehead atoms. The van der Waals surface area contributed by atoms with Gasteiger partial charge in [-0.25, -0.2) is 4.79 Å². The lowest BCUT2D eigenvalue weighted by Gasteiger charge is -2.09. The largest absolute Gasteiger partial charge is 0.447 e. The van der Waals surface area contributed by atoms with Crippen molar-refractivity contribution in [2.75, 3.05) is 19.8 Å². The summed E-state index contributed by atoms with van der Waals surface area (Å²) in [7, 11) is 0. The van der Waals surface area contributed by atoms with Gasteiger partial charge in [-0.15, -0.1) is 0 Å². The molecule has 0 aromatic rings. The van der Waals surface area contributed by atoms with Crippen LogP contribution in [0.5, 0.6) is 0 Å². The maximum Gasteiger partial charge on any atom is 0.407 e. The predicted octanol–water partition coefficient (Wildman–Crippen LogP) is 1.55. The van der Waals surface area contributed by atoms with Crippen LogP contribution in [0.25, 0.3) is 0 Å². The summed E-state index contributed by atoms with van der Waals surface area (Å²) in [5.41, 5.74) is 0. The maximum atomic E-state index is 11.0. The SMILES string of the molecule is CC(C)OC(=O)NCCOCC1CC1. The summed E-state index contributed by atoms with van der Waals surface area (Å²) in [6.45, 7) is 5.58. The summed E-state index contributed by atoms with van der Waals surface area (Å²) < 4.78 is 10.2. The van der Waals surface area contributed by atoms with Gasteiger partial charge in [0.15, 0.2) is 0 Å². The quantitative estimate of drug-likeness (QED) is 0.663. The minimum absolute atomic E-state index is 0.0672. The first-order chi connectivity index (χ1) is 6.68. The van der Waals surface area contributed by atoms with Gasteiger partial charge >= 0.3 is 6.09 Å². The molecule has 1 saturated carbocycles. The van der Waals surface area contributed by atoms with Crippen molar-refractivity contribution in [1.29, 1.82) is 0 Å². The Hall–Kier alpha value is -0.770. The third kappa shape index (κ3) is 5.80.